The van der Waals surface area contributed by atoms with E-state index in [-0.39, 0.29) is 28.8 Å². The van der Waals surface area contributed by atoms with Gasteiger partial charge in [-0.1, -0.05) is 48.5 Å². The van der Waals surface area contributed by atoms with Gasteiger partial charge in [0.1, 0.15) is 14.7 Å². The Morgan fingerprint density at radius 1 is 0.529 bits per heavy atom. The molecule has 29 heteroatoms. The highest BCUT2D eigenvalue weighted by atomic mass is 32.2. The number of sulfone groups is 1. The van der Waals surface area contributed by atoms with Crippen LogP contribution in [0.2, 0.25) is 0 Å². The summed E-state index contributed by atoms with van der Waals surface area (Å²) >= 11 is 0. The van der Waals surface area contributed by atoms with Crippen molar-refractivity contribution in [1.29, 1.82) is 0 Å². The number of pyridine rings is 1. The van der Waals surface area contributed by atoms with Crippen LogP contribution in [0, 0.1) is 0 Å². The van der Waals surface area contributed by atoms with E-state index < -0.39 is 176 Å². The van der Waals surface area contributed by atoms with E-state index in [1.165, 1.54) is 24.3 Å². The van der Waals surface area contributed by atoms with Crippen LogP contribution in [-0.2, 0) is 60.4 Å². The Labute approximate surface area is 384 Å². The van der Waals surface area contributed by atoms with Gasteiger partial charge in [0.2, 0.25) is 0 Å². The molecule has 1 heterocycles. The molecule has 0 amide bonds. The predicted molar refractivity (Wildman–Crippen MR) is 234 cm³/mol. The highest BCUT2D eigenvalue weighted by Crippen LogP contribution is 2.46. The van der Waals surface area contributed by atoms with Crippen molar-refractivity contribution in [3.8, 4) is 11.1 Å². The smallest absolute Gasteiger partial charge is 0.296 e. The number of fused-ring (bicyclic) bond motifs is 2. The lowest BCUT2D eigenvalue weighted by Gasteiger charge is -2.25. The number of nitrogens with one attached hydrogen (secondary N) is 2. The lowest BCUT2D eigenvalue weighted by molar-refractivity contribution is 0.0979. The SMILES string of the molecule is O=C(CCCS(=O)(=O)c1cc(Nc2cc(S(=O)(=O)O)c3[nH]c(=O)c(C(=O)c4cccc(S(=O)(=O)O)c4)c4c3c2C(=O)c2ccccc2-4)c(S(=O)(=O)O)cc1S(=O)(=O)O)c1cccc(S(=O)(=O)O)c1. The Bertz CT molecular complexity index is 4030. The molecule has 0 atom stereocenters. The standard InChI is InChI=1S/C39H28N2O21S6/c42-27(19-6-3-8-21(14-19)64(48,49)50)12-5-13-63(46,47)29-16-25(28(66(54,55)56)18-30(29)67(57,58)59)40-26-17-31(68(60,61)62)36-34-32(23-10-1-2-11-24(23)38(44)33(26)34)35(39(45)41-36)37(43)20-7-4-9-22(15-20)65(51,52)53/h1-4,6-11,14-18,40H,5,12-13H2,(H,41,45)(H,48,49,50)(H,51,52,53)(H,54,55,56)(H,57,58,59)(H,60,61,62). The van der Waals surface area contributed by atoms with Crippen LogP contribution in [-0.4, -0.2) is 101 Å². The van der Waals surface area contributed by atoms with E-state index in [4.69, 9.17) is 0 Å². The van der Waals surface area contributed by atoms with Gasteiger partial charge < -0.3 is 10.3 Å². The molecule has 5 aromatic carbocycles. The zero-order chi connectivity index (χ0) is 50.3. The summed E-state index contributed by atoms with van der Waals surface area (Å²) in [6.45, 7) is 0. The highest BCUT2D eigenvalue weighted by Gasteiger charge is 2.37. The quantitative estimate of drug-likeness (QED) is 0.0571. The first kappa shape index (κ1) is 49.5. The van der Waals surface area contributed by atoms with E-state index >= 15 is 0 Å². The summed E-state index contributed by atoms with van der Waals surface area (Å²) in [6, 6.07) is 13.4. The summed E-state index contributed by atoms with van der Waals surface area (Å²) in [7, 11) is -31.9. The lowest BCUT2D eigenvalue weighted by atomic mass is 9.80. The molecular weight excluding hydrogens is 1020 g/mol. The zero-order valence-corrected chi connectivity index (χ0v) is 38.4. The van der Waals surface area contributed by atoms with Crippen molar-refractivity contribution in [3.05, 3.63) is 129 Å². The number of carbonyl (C=O) groups excluding carboxylic acids is 3. The second-order valence-corrected chi connectivity index (χ2v) is 23.7. The van der Waals surface area contributed by atoms with Gasteiger partial charge in [0.05, 0.1) is 48.5 Å². The summed E-state index contributed by atoms with van der Waals surface area (Å²) in [6.07, 6.45) is -1.33. The molecule has 23 nitrogen and oxygen atoms in total. The molecule has 0 spiro atoms. The van der Waals surface area contributed by atoms with Crippen molar-refractivity contribution in [2.45, 2.75) is 42.2 Å². The summed E-state index contributed by atoms with van der Waals surface area (Å²) in [4.78, 5) is 50.4. The van der Waals surface area contributed by atoms with Crippen molar-refractivity contribution in [3.63, 3.8) is 0 Å². The van der Waals surface area contributed by atoms with Gasteiger partial charge in [0.15, 0.2) is 27.2 Å². The van der Waals surface area contributed by atoms with Gasteiger partial charge in [-0.2, -0.15) is 42.1 Å². The average molecular weight is 1050 g/mol. The number of H-pyrrole nitrogens is 1. The Morgan fingerprint density at radius 2 is 1.06 bits per heavy atom. The first-order chi connectivity index (χ1) is 31.3. The maximum Gasteiger partial charge on any atom is 0.296 e. The third-order valence-electron chi connectivity index (χ3n) is 10.3. The number of aromatic nitrogens is 1. The van der Waals surface area contributed by atoms with E-state index in [0.29, 0.717) is 12.1 Å². The van der Waals surface area contributed by atoms with E-state index in [2.05, 4.69) is 10.3 Å². The van der Waals surface area contributed by atoms with Crippen LogP contribution in [0.3, 0.4) is 0 Å². The normalized spacial score (nSPS) is 13.3. The van der Waals surface area contributed by atoms with Crippen LogP contribution < -0.4 is 10.9 Å². The fourth-order valence-electron chi connectivity index (χ4n) is 7.40. The number of Topliss-reactive ketones (excluding diaryl/α,β-unsaturated/α-hetero) is 1. The Hall–Kier alpha value is -6.38. The van der Waals surface area contributed by atoms with Crippen LogP contribution in [0.4, 0.5) is 11.4 Å². The fraction of sp³-hybridized carbons (Fsp3) is 0.0769. The molecule has 1 aromatic heterocycles. The second-order valence-electron chi connectivity index (χ2n) is 14.7. The topological polar surface area (TPSA) is 402 Å². The summed E-state index contributed by atoms with van der Waals surface area (Å²) in [5, 5.41) is 1.63. The first-order valence-electron chi connectivity index (χ1n) is 18.5. The number of benzene rings is 5. The maximum absolute atomic E-state index is 14.5. The van der Waals surface area contributed by atoms with Crippen molar-refractivity contribution >= 4 is 100 Å². The Balaban J connectivity index is 1.46. The largest absolute Gasteiger partial charge is 0.354 e. The minimum Gasteiger partial charge on any atom is -0.354 e. The van der Waals surface area contributed by atoms with Gasteiger partial charge in [-0.05, 0) is 54.4 Å². The number of ketones is 3. The molecule has 0 aliphatic heterocycles. The highest BCUT2D eigenvalue weighted by molar-refractivity contribution is 7.93. The van der Waals surface area contributed by atoms with Gasteiger partial charge in [-0.15, -0.1) is 0 Å². The number of hydrogen-bond donors (Lipinski definition) is 7. The Kier molecular flexibility index (Phi) is 12.4. The monoisotopic (exact) mass is 1050 g/mol. The van der Waals surface area contributed by atoms with E-state index in [1.807, 2.05) is 0 Å². The number of rotatable bonds is 15. The van der Waals surface area contributed by atoms with Crippen LogP contribution in [0.15, 0.2) is 125 Å². The third kappa shape index (κ3) is 9.40. The van der Waals surface area contributed by atoms with E-state index in [9.17, 15) is 92.4 Å². The Morgan fingerprint density at radius 3 is 1.62 bits per heavy atom. The summed E-state index contributed by atoms with van der Waals surface area (Å²) < 4.78 is 202. The molecule has 1 aliphatic rings. The summed E-state index contributed by atoms with van der Waals surface area (Å²) in [5.74, 6) is -4.38. The molecule has 0 unspecified atom stereocenters. The minimum absolute atomic E-state index is 0.0142. The zero-order valence-electron chi connectivity index (χ0n) is 33.5. The van der Waals surface area contributed by atoms with E-state index in [1.54, 1.807) is 0 Å². The average Bonchev–Trinajstić information content (AvgIpc) is 3.23. The van der Waals surface area contributed by atoms with Crippen LogP contribution >= 0.6 is 0 Å². The molecule has 0 radical (unpaired) electrons. The number of carbonyl (C=O) groups is 3. The molecule has 0 bridgehead atoms. The molecule has 7 rings (SSSR count). The van der Waals surface area contributed by atoms with Crippen LogP contribution in [0.5, 0.6) is 0 Å². The lowest BCUT2D eigenvalue weighted by Crippen LogP contribution is -2.25. The molecule has 0 saturated carbocycles. The molecule has 1 aliphatic carbocycles. The molecule has 6 aromatic rings. The van der Waals surface area contributed by atoms with Gasteiger partial charge >= 0.3 is 0 Å². The van der Waals surface area contributed by atoms with Gasteiger partial charge in [-0.25, -0.2) is 8.42 Å². The summed E-state index contributed by atoms with van der Waals surface area (Å²) in [5.41, 5.74) is -7.75. The molecule has 356 valence electrons. The molecule has 0 fully saturated rings. The molecule has 68 heavy (non-hydrogen) atoms. The van der Waals surface area contributed by atoms with E-state index in [0.717, 1.165) is 42.5 Å². The van der Waals surface area contributed by atoms with Crippen molar-refractivity contribution in [2.24, 2.45) is 0 Å². The minimum atomic E-state index is -5.76. The van der Waals surface area contributed by atoms with Gasteiger partial charge in [0.25, 0.3) is 56.1 Å². The van der Waals surface area contributed by atoms with Crippen molar-refractivity contribution in [2.75, 3.05) is 11.1 Å². The van der Waals surface area contributed by atoms with Gasteiger partial charge in [0, 0.05) is 34.1 Å². The first-order valence-corrected chi connectivity index (χ1v) is 27.4. The molecule has 0 saturated heterocycles. The second kappa shape index (κ2) is 17.0. The predicted octanol–water partition coefficient (Wildman–Crippen LogP) is 3.38. The maximum atomic E-state index is 14.5. The fourth-order valence-corrected chi connectivity index (χ4v) is 12.5. The third-order valence-corrected chi connectivity index (χ3v) is 16.6. The van der Waals surface area contributed by atoms with Crippen LogP contribution in [0.1, 0.15) is 55.0 Å². The van der Waals surface area contributed by atoms with Gasteiger partial charge in [-0.3, -0.25) is 41.9 Å². The number of anilines is 2. The van der Waals surface area contributed by atoms with Crippen LogP contribution in [0.25, 0.3) is 22.0 Å². The number of aromatic amines is 1. The number of hydrogen-bond acceptors (Lipinski definition) is 17. The molecular formula is C39H28N2O21S6. The van der Waals surface area contributed by atoms with Crippen molar-refractivity contribution < 1.29 is 87.7 Å². The van der Waals surface area contributed by atoms with Crippen molar-refractivity contribution in [1.82, 2.24) is 4.98 Å². The molecule has 7 N–H and O–H groups in total.